The molecule has 0 saturated carbocycles. The number of pyridine rings is 1. The molecule has 3 heterocycles. The van der Waals surface area contributed by atoms with Gasteiger partial charge in [0.15, 0.2) is 5.96 Å². The number of hydrogen-bond acceptors (Lipinski definition) is 3. The van der Waals surface area contributed by atoms with Crippen molar-refractivity contribution < 1.29 is 0 Å². The largest absolute Gasteiger partial charge is 0.357 e. The summed E-state index contributed by atoms with van der Waals surface area (Å²) in [6, 6.07) is 6.37. The van der Waals surface area contributed by atoms with Crippen LogP contribution in [-0.4, -0.2) is 37.7 Å². The molecule has 1 atom stereocenters. The summed E-state index contributed by atoms with van der Waals surface area (Å²) < 4.78 is 4.05. The van der Waals surface area contributed by atoms with Crippen LogP contribution < -0.4 is 10.6 Å². The molecule has 158 valence electrons. The molecule has 0 fully saturated rings. The Balaban J connectivity index is 0.00000300. The van der Waals surface area contributed by atoms with Gasteiger partial charge in [-0.1, -0.05) is 6.07 Å². The first-order valence-corrected chi connectivity index (χ1v) is 9.86. The molecule has 8 heteroatoms. The first-order valence-electron chi connectivity index (χ1n) is 9.86. The number of guanidine groups is 1. The molecule has 0 bridgehead atoms. The fraction of sp³-hybridized carbons (Fsp3) is 0.476. The van der Waals surface area contributed by atoms with E-state index in [0.29, 0.717) is 6.54 Å². The predicted molar refractivity (Wildman–Crippen MR) is 129 cm³/mol. The lowest BCUT2D eigenvalue weighted by atomic mass is 10.1. The van der Waals surface area contributed by atoms with Crippen molar-refractivity contribution in [1.82, 2.24) is 29.8 Å². The van der Waals surface area contributed by atoms with Crippen molar-refractivity contribution >= 4 is 35.6 Å². The maximum Gasteiger partial charge on any atom is 0.191 e. The SMILES string of the molecule is CCNC(=NCc1cn2c(C)cccc2n1)NC(C)Cc1c(C)nn(C)c1C.I. The second kappa shape index (κ2) is 10.1. The number of nitrogens with one attached hydrogen (secondary N) is 2. The van der Waals surface area contributed by atoms with Crippen molar-refractivity contribution in [2.24, 2.45) is 12.0 Å². The molecule has 3 rings (SSSR count). The van der Waals surface area contributed by atoms with Gasteiger partial charge >= 0.3 is 0 Å². The van der Waals surface area contributed by atoms with Crippen molar-refractivity contribution in [3.05, 3.63) is 52.7 Å². The van der Waals surface area contributed by atoms with Crippen LogP contribution >= 0.6 is 24.0 Å². The smallest absolute Gasteiger partial charge is 0.191 e. The molecule has 0 aliphatic rings. The Bertz CT molecular complexity index is 986. The van der Waals surface area contributed by atoms with Crippen LogP contribution in [0.1, 0.15) is 42.2 Å². The highest BCUT2D eigenvalue weighted by Gasteiger charge is 2.14. The summed E-state index contributed by atoms with van der Waals surface area (Å²) in [6.45, 7) is 11.9. The van der Waals surface area contributed by atoms with E-state index in [-0.39, 0.29) is 30.0 Å². The highest BCUT2D eigenvalue weighted by molar-refractivity contribution is 14.0. The maximum absolute atomic E-state index is 4.74. The van der Waals surface area contributed by atoms with E-state index in [0.717, 1.165) is 36.0 Å². The van der Waals surface area contributed by atoms with Gasteiger partial charge < -0.3 is 15.0 Å². The van der Waals surface area contributed by atoms with Gasteiger partial charge in [-0.05, 0) is 58.7 Å². The standard InChI is InChI=1S/C21H31N7.HI/c1-7-22-21(24-14(2)11-19-16(4)26-27(6)17(19)5)23-12-18-13-28-15(3)9-8-10-20(28)25-18;/h8-10,13-14H,7,11-12H2,1-6H3,(H2,22,23,24);1H. The maximum atomic E-state index is 4.74. The molecule has 0 aromatic carbocycles. The van der Waals surface area contributed by atoms with Gasteiger partial charge in [0.25, 0.3) is 0 Å². The molecule has 0 radical (unpaired) electrons. The van der Waals surface area contributed by atoms with Gasteiger partial charge in [-0.3, -0.25) is 4.68 Å². The first-order chi connectivity index (χ1) is 13.4. The van der Waals surface area contributed by atoms with E-state index in [9.17, 15) is 0 Å². The molecular weight excluding hydrogens is 477 g/mol. The number of aliphatic imine (C=N–C) groups is 1. The Morgan fingerprint density at radius 1 is 1.24 bits per heavy atom. The minimum absolute atomic E-state index is 0. The van der Waals surface area contributed by atoms with Gasteiger partial charge in [-0.15, -0.1) is 24.0 Å². The van der Waals surface area contributed by atoms with Crippen LogP contribution in [0.25, 0.3) is 5.65 Å². The highest BCUT2D eigenvalue weighted by atomic mass is 127. The summed E-state index contributed by atoms with van der Waals surface area (Å²) in [6.07, 6.45) is 2.97. The molecule has 0 aliphatic carbocycles. The summed E-state index contributed by atoms with van der Waals surface area (Å²) in [5, 5.41) is 11.4. The number of fused-ring (bicyclic) bond motifs is 1. The van der Waals surface area contributed by atoms with Crippen LogP contribution in [0.15, 0.2) is 29.4 Å². The molecule has 0 aliphatic heterocycles. The van der Waals surface area contributed by atoms with Gasteiger partial charge in [0, 0.05) is 37.2 Å². The molecule has 0 spiro atoms. The second-order valence-corrected chi connectivity index (χ2v) is 7.35. The third-order valence-corrected chi connectivity index (χ3v) is 5.04. The van der Waals surface area contributed by atoms with Crippen molar-refractivity contribution in [2.75, 3.05) is 6.54 Å². The van der Waals surface area contributed by atoms with Gasteiger partial charge in [0.2, 0.25) is 0 Å². The lowest BCUT2D eigenvalue weighted by molar-refractivity contribution is 0.635. The zero-order chi connectivity index (χ0) is 20.3. The average Bonchev–Trinajstić information content (AvgIpc) is 3.17. The summed E-state index contributed by atoms with van der Waals surface area (Å²) in [5.74, 6) is 0.808. The van der Waals surface area contributed by atoms with Gasteiger partial charge in [0.1, 0.15) is 5.65 Å². The zero-order valence-electron chi connectivity index (χ0n) is 18.2. The summed E-state index contributed by atoms with van der Waals surface area (Å²) >= 11 is 0. The fourth-order valence-corrected chi connectivity index (χ4v) is 3.46. The molecule has 0 amide bonds. The lowest BCUT2D eigenvalue weighted by Crippen LogP contribution is -2.43. The van der Waals surface area contributed by atoms with Crippen LogP contribution in [0.5, 0.6) is 0 Å². The number of nitrogens with zero attached hydrogens (tertiary/aromatic N) is 5. The third-order valence-electron chi connectivity index (χ3n) is 5.04. The Morgan fingerprint density at radius 2 is 2.00 bits per heavy atom. The molecule has 3 aromatic heterocycles. The summed E-state index contributed by atoms with van der Waals surface area (Å²) in [5.41, 5.74) is 6.69. The predicted octanol–water partition coefficient (Wildman–Crippen LogP) is 3.30. The topological polar surface area (TPSA) is 71.5 Å². The molecular formula is C21H32IN7. The Kier molecular flexibility index (Phi) is 8.06. The number of rotatable bonds is 6. The first kappa shape index (κ1) is 23.2. The normalized spacial score (nSPS) is 12.7. The number of aromatic nitrogens is 4. The minimum atomic E-state index is 0. The van der Waals surface area contributed by atoms with Crippen LogP contribution in [-0.2, 0) is 20.0 Å². The Hall–Kier alpha value is -2.10. The van der Waals surface area contributed by atoms with Crippen molar-refractivity contribution in [3.8, 4) is 0 Å². The highest BCUT2D eigenvalue weighted by Crippen LogP contribution is 2.14. The summed E-state index contributed by atoms with van der Waals surface area (Å²) in [4.78, 5) is 9.41. The molecule has 2 N–H and O–H groups in total. The molecule has 7 nitrogen and oxygen atoms in total. The van der Waals surface area contributed by atoms with E-state index in [1.165, 1.54) is 17.0 Å². The van der Waals surface area contributed by atoms with Crippen LogP contribution in [0.3, 0.4) is 0 Å². The second-order valence-electron chi connectivity index (χ2n) is 7.35. The van der Waals surface area contributed by atoms with Gasteiger partial charge in [0.05, 0.1) is 17.9 Å². The van der Waals surface area contributed by atoms with E-state index in [1.54, 1.807) is 0 Å². The van der Waals surface area contributed by atoms with Crippen molar-refractivity contribution in [2.45, 2.75) is 53.6 Å². The third kappa shape index (κ3) is 5.49. The number of imidazole rings is 1. The average molecular weight is 509 g/mol. The molecule has 29 heavy (non-hydrogen) atoms. The molecule has 0 saturated heterocycles. The summed E-state index contributed by atoms with van der Waals surface area (Å²) in [7, 11) is 1.99. The fourth-order valence-electron chi connectivity index (χ4n) is 3.46. The molecule has 3 aromatic rings. The molecule has 1 unspecified atom stereocenters. The zero-order valence-corrected chi connectivity index (χ0v) is 20.5. The van der Waals surface area contributed by atoms with Crippen LogP contribution in [0, 0.1) is 20.8 Å². The monoisotopic (exact) mass is 509 g/mol. The Morgan fingerprint density at radius 3 is 2.62 bits per heavy atom. The quantitative estimate of drug-likeness (QED) is 0.304. The lowest BCUT2D eigenvalue weighted by Gasteiger charge is -2.18. The van der Waals surface area contributed by atoms with Gasteiger partial charge in [-0.25, -0.2) is 9.98 Å². The van der Waals surface area contributed by atoms with Crippen molar-refractivity contribution in [3.63, 3.8) is 0 Å². The number of hydrogen-bond donors (Lipinski definition) is 2. The van der Waals surface area contributed by atoms with E-state index in [1.807, 2.05) is 23.9 Å². The van der Waals surface area contributed by atoms with Crippen LogP contribution in [0.2, 0.25) is 0 Å². The van der Waals surface area contributed by atoms with E-state index in [4.69, 9.17) is 4.99 Å². The van der Waals surface area contributed by atoms with E-state index >= 15 is 0 Å². The number of aryl methyl sites for hydroxylation is 3. The minimum Gasteiger partial charge on any atom is -0.357 e. The Labute approximate surface area is 190 Å². The van der Waals surface area contributed by atoms with Gasteiger partial charge in [-0.2, -0.15) is 5.10 Å². The van der Waals surface area contributed by atoms with Crippen LogP contribution in [0.4, 0.5) is 0 Å². The van der Waals surface area contributed by atoms with Crippen molar-refractivity contribution in [1.29, 1.82) is 0 Å². The van der Waals surface area contributed by atoms with E-state index < -0.39 is 0 Å². The number of halogens is 1. The van der Waals surface area contributed by atoms with E-state index in [2.05, 4.69) is 72.0 Å².